The van der Waals surface area contributed by atoms with Crippen molar-refractivity contribution >= 4 is 34.7 Å². The van der Waals surface area contributed by atoms with E-state index < -0.39 is 0 Å². The predicted molar refractivity (Wildman–Crippen MR) is 99.3 cm³/mol. The Bertz CT molecular complexity index is 859. The first-order chi connectivity index (χ1) is 11.5. The molecule has 4 rings (SSSR count). The minimum Gasteiger partial charge on any atom is -0.378 e. The van der Waals surface area contributed by atoms with Crippen molar-refractivity contribution in [2.45, 2.75) is 25.3 Å². The molecule has 2 nitrogen and oxygen atoms in total. The summed E-state index contributed by atoms with van der Waals surface area (Å²) >= 11 is 12.3. The van der Waals surface area contributed by atoms with Crippen molar-refractivity contribution in [3.05, 3.63) is 75.3 Å². The number of hydrogen-bond donors (Lipinski definition) is 1. The van der Waals surface area contributed by atoms with Gasteiger partial charge in [0.25, 0.3) is 0 Å². The van der Waals surface area contributed by atoms with Crippen LogP contribution in [0.3, 0.4) is 0 Å². The molecule has 0 saturated heterocycles. The molecule has 24 heavy (non-hydrogen) atoms. The van der Waals surface area contributed by atoms with Gasteiger partial charge in [0.1, 0.15) is 0 Å². The van der Waals surface area contributed by atoms with Crippen molar-refractivity contribution in [2.75, 3.05) is 5.32 Å². The molecule has 0 unspecified atom stereocenters. The number of ketones is 1. The van der Waals surface area contributed by atoms with Crippen molar-refractivity contribution in [2.24, 2.45) is 5.92 Å². The number of nitrogens with one attached hydrogen (secondary N) is 1. The molecule has 1 heterocycles. The fraction of sp³-hybridized carbons (Fsp3) is 0.250. The van der Waals surface area contributed by atoms with E-state index in [4.69, 9.17) is 23.2 Å². The molecule has 3 atom stereocenters. The highest BCUT2D eigenvalue weighted by Gasteiger charge is 2.38. The number of halogens is 2. The minimum absolute atomic E-state index is 0.0999. The maximum Gasteiger partial charge on any atom is 0.159 e. The Balaban J connectivity index is 1.78. The fourth-order valence-corrected chi connectivity index (χ4v) is 4.16. The number of rotatable bonds is 2. The Morgan fingerprint density at radius 2 is 1.96 bits per heavy atom. The van der Waals surface area contributed by atoms with Gasteiger partial charge in [0.05, 0.1) is 16.1 Å². The number of Topliss-reactive ketones (excluding diaryl/α,β-unsaturated/α-hetero) is 1. The van der Waals surface area contributed by atoms with Crippen molar-refractivity contribution in [3.8, 4) is 0 Å². The molecule has 2 aliphatic rings. The lowest BCUT2D eigenvalue weighted by Gasteiger charge is -2.37. The second kappa shape index (κ2) is 5.94. The predicted octanol–water partition coefficient (Wildman–Crippen LogP) is 6.02. The monoisotopic (exact) mass is 357 g/mol. The maximum atomic E-state index is 11.7. The third-order valence-corrected chi connectivity index (χ3v) is 5.81. The summed E-state index contributed by atoms with van der Waals surface area (Å²) in [7, 11) is 0. The number of carbonyl (C=O) groups is 1. The topological polar surface area (TPSA) is 29.1 Å². The van der Waals surface area contributed by atoms with Gasteiger partial charge in [-0.25, -0.2) is 0 Å². The average molecular weight is 358 g/mol. The zero-order valence-electron chi connectivity index (χ0n) is 13.2. The first-order valence-electron chi connectivity index (χ1n) is 8.07. The van der Waals surface area contributed by atoms with Gasteiger partial charge in [-0.05, 0) is 60.7 Å². The smallest absolute Gasteiger partial charge is 0.159 e. The van der Waals surface area contributed by atoms with Gasteiger partial charge in [-0.15, -0.1) is 0 Å². The van der Waals surface area contributed by atoms with E-state index in [1.807, 2.05) is 36.4 Å². The van der Waals surface area contributed by atoms with Gasteiger partial charge in [-0.3, -0.25) is 4.79 Å². The molecule has 0 spiro atoms. The summed E-state index contributed by atoms with van der Waals surface area (Å²) in [5, 5.41) is 4.80. The second-order valence-electron chi connectivity index (χ2n) is 6.51. The Morgan fingerprint density at radius 3 is 2.71 bits per heavy atom. The molecule has 0 bridgehead atoms. The molecule has 1 aliphatic heterocycles. The first kappa shape index (κ1) is 15.7. The molecule has 0 aromatic heterocycles. The Hall–Kier alpha value is -1.77. The van der Waals surface area contributed by atoms with E-state index in [0.717, 1.165) is 23.2 Å². The summed E-state index contributed by atoms with van der Waals surface area (Å²) in [5.41, 5.74) is 4.20. The molecule has 0 radical (unpaired) electrons. The molecule has 0 saturated carbocycles. The Labute approximate surface area is 151 Å². The van der Waals surface area contributed by atoms with Crippen molar-refractivity contribution in [3.63, 3.8) is 0 Å². The van der Waals surface area contributed by atoms with E-state index in [1.165, 1.54) is 5.56 Å². The van der Waals surface area contributed by atoms with Gasteiger partial charge in [-0.1, -0.05) is 41.4 Å². The van der Waals surface area contributed by atoms with Crippen LogP contribution < -0.4 is 5.32 Å². The van der Waals surface area contributed by atoms with E-state index in [0.29, 0.717) is 21.9 Å². The van der Waals surface area contributed by atoms with Gasteiger partial charge >= 0.3 is 0 Å². The summed E-state index contributed by atoms with van der Waals surface area (Å²) in [4.78, 5) is 11.7. The van der Waals surface area contributed by atoms with Gasteiger partial charge < -0.3 is 5.32 Å². The van der Waals surface area contributed by atoms with Crippen molar-refractivity contribution in [1.29, 1.82) is 0 Å². The largest absolute Gasteiger partial charge is 0.378 e. The third-order valence-electron chi connectivity index (χ3n) is 5.07. The maximum absolute atomic E-state index is 11.7. The van der Waals surface area contributed by atoms with Crippen molar-refractivity contribution in [1.82, 2.24) is 0 Å². The number of allylic oxidation sites excluding steroid dienone is 2. The van der Waals surface area contributed by atoms with E-state index >= 15 is 0 Å². The molecule has 0 fully saturated rings. The second-order valence-corrected chi connectivity index (χ2v) is 7.32. The highest BCUT2D eigenvalue weighted by molar-refractivity contribution is 6.42. The first-order valence-corrected chi connectivity index (χ1v) is 8.83. The fourth-order valence-electron chi connectivity index (χ4n) is 3.85. The number of fused-ring (bicyclic) bond motifs is 3. The molecule has 2 aromatic carbocycles. The lowest BCUT2D eigenvalue weighted by molar-refractivity contribution is 0.101. The molecule has 0 amide bonds. The zero-order chi connectivity index (χ0) is 16.8. The average Bonchev–Trinajstić information content (AvgIpc) is 3.06. The van der Waals surface area contributed by atoms with Gasteiger partial charge in [0.2, 0.25) is 0 Å². The van der Waals surface area contributed by atoms with E-state index in [1.54, 1.807) is 6.92 Å². The number of anilines is 1. The van der Waals surface area contributed by atoms with Crippen LogP contribution in [0.15, 0.2) is 48.6 Å². The van der Waals surface area contributed by atoms with Crippen LogP contribution in [-0.2, 0) is 0 Å². The van der Waals surface area contributed by atoms with E-state index in [9.17, 15) is 4.79 Å². The summed E-state index contributed by atoms with van der Waals surface area (Å²) < 4.78 is 0. The summed E-state index contributed by atoms with van der Waals surface area (Å²) in [6.07, 6.45) is 5.50. The molecule has 1 N–H and O–H groups in total. The zero-order valence-corrected chi connectivity index (χ0v) is 14.7. The lowest BCUT2D eigenvalue weighted by atomic mass is 9.76. The molecular weight excluding hydrogens is 341 g/mol. The van der Waals surface area contributed by atoms with Gasteiger partial charge in [-0.2, -0.15) is 0 Å². The Kier molecular flexibility index (Phi) is 3.90. The van der Waals surface area contributed by atoms with Crippen LogP contribution in [0.1, 0.15) is 46.8 Å². The highest BCUT2D eigenvalue weighted by Crippen LogP contribution is 2.50. The lowest BCUT2D eigenvalue weighted by Crippen LogP contribution is -2.29. The van der Waals surface area contributed by atoms with Crippen LogP contribution in [0, 0.1) is 5.92 Å². The highest BCUT2D eigenvalue weighted by atomic mass is 35.5. The number of hydrogen-bond acceptors (Lipinski definition) is 2. The summed E-state index contributed by atoms with van der Waals surface area (Å²) in [5.74, 6) is 0.833. The van der Waals surface area contributed by atoms with Crippen LogP contribution in [0.4, 0.5) is 5.69 Å². The normalized spacial score (nSPS) is 24.2. The summed E-state index contributed by atoms with van der Waals surface area (Å²) in [6, 6.07) is 11.9. The van der Waals surface area contributed by atoms with Gasteiger partial charge in [0, 0.05) is 17.2 Å². The quantitative estimate of drug-likeness (QED) is 0.525. The van der Waals surface area contributed by atoms with Gasteiger partial charge in [0.15, 0.2) is 5.78 Å². The number of carbonyl (C=O) groups excluding carboxylic acids is 1. The van der Waals surface area contributed by atoms with Crippen LogP contribution >= 0.6 is 23.2 Å². The molecular formula is C20H17Cl2NO. The van der Waals surface area contributed by atoms with E-state index in [2.05, 4.69) is 17.5 Å². The van der Waals surface area contributed by atoms with Crippen LogP contribution in [0.5, 0.6) is 0 Å². The molecule has 2 aromatic rings. The van der Waals surface area contributed by atoms with Crippen LogP contribution in [0.25, 0.3) is 0 Å². The van der Waals surface area contributed by atoms with Crippen LogP contribution in [0.2, 0.25) is 10.0 Å². The Morgan fingerprint density at radius 1 is 1.12 bits per heavy atom. The molecule has 4 heteroatoms. The standard InChI is InChI=1S/C20H17Cl2NO/c1-11(24)12-6-8-19-16(9-12)14-3-2-4-15(14)20(23-19)13-5-7-17(21)18(22)10-13/h2-3,5-10,14-15,20,23H,4H2,1H3/t14-,15+,20-/m0/s1. The molecule has 1 aliphatic carbocycles. The molecule has 122 valence electrons. The minimum atomic E-state index is 0.0999. The SMILES string of the molecule is CC(=O)c1ccc2c(c1)[C@H]1C=CC[C@H]1[C@H](c1ccc(Cl)c(Cl)c1)N2. The summed E-state index contributed by atoms with van der Waals surface area (Å²) in [6.45, 7) is 1.61. The van der Waals surface area contributed by atoms with Crippen molar-refractivity contribution < 1.29 is 4.79 Å². The van der Waals surface area contributed by atoms with E-state index in [-0.39, 0.29) is 11.8 Å². The number of benzene rings is 2. The van der Waals surface area contributed by atoms with Crippen LogP contribution in [-0.4, -0.2) is 5.78 Å². The third kappa shape index (κ3) is 2.54.